The first kappa shape index (κ1) is 31.0. The maximum atomic E-state index is 13.5. The summed E-state index contributed by atoms with van der Waals surface area (Å²) in [5.74, 6) is 1.73. The first-order valence-electron chi connectivity index (χ1n) is 15.0. The van der Waals surface area contributed by atoms with E-state index in [0.717, 1.165) is 48.5 Å². The Morgan fingerprint density at radius 1 is 0.884 bits per heavy atom. The molecule has 4 aromatic rings. The summed E-state index contributed by atoms with van der Waals surface area (Å²) < 4.78 is 53.8. The normalized spacial score (nSPS) is 17.6. The van der Waals surface area contributed by atoms with Crippen molar-refractivity contribution in [1.82, 2.24) is 14.5 Å². The molecule has 0 bridgehead atoms. The van der Waals surface area contributed by atoms with Gasteiger partial charge < -0.3 is 14.0 Å². The SMILES string of the molecule is C[Si](C)(C)CCOCn1cc(C(F)(F)F)nc1-c1ccc(-c2ccc(O[C@H]3CC[C@@H](Cc4ccccc4)CC3)cc2)nc1. The third kappa shape index (κ3) is 8.80. The fourth-order valence-corrected chi connectivity index (χ4v) is 6.17. The molecule has 0 radical (unpaired) electrons. The molecule has 228 valence electrons. The standard InChI is InChI=1S/C34H40F3N3O2Si/c1-43(2,3)20-19-41-24-40-23-32(34(35,36)37)39-33(40)28-13-18-31(38-22-28)27-11-16-30(17-12-27)42-29-14-9-26(10-15-29)21-25-7-5-4-6-8-25/h4-8,11-13,16-18,22-23,26,29H,9-10,14-15,19-21,24H2,1-3H3/t26-,29+. The van der Waals surface area contributed by atoms with Gasteiger partial charge in [0.2, 0.25) is 0 Å². The second kappa shape index (κ2) is 13.5. The molecule has 0 atom stereocenters. The number of nitrogens with zero attached hydrogens (tertiary/aromatic N) is 3. The lowest BCUT2D eigenvalue weighted by molar-refractivity contribution is -0.141. The summed E-state index contributed by atoms with van der Waals surface area (Å²) in [7, 11) is -1.31. The Hall–Kier alpha value is -3.43. The number of hydrogen-bond donors (Lipinski definition) is 0. The molecule has 5 rings (SSSR count). The number of ether oxygens (including phenoxy) is 2. The van der Waals surface area contributed by atoms with Gasteiger partial charge in [0.25, 0.3) is 0 Å². The summed E-state index contributed by atoms with van der Waals surface area (Å²) in [5.41, 5.74) is 2.58. The van der Waals surface area contributed by atoms with E-state index in [9.17, 15) is 13.2 Å². The largest absolute Gasteiger partial charge is 0.490 e. The van der Waals surface area contributed by atoms with Crippen molar-refractivity contribution in [3.8, 4) is 28.4 Å². The molecule has 5 nitrogen and oxygen atoms in total. The maximum Gasteiger partial charge on any atom is 0.434 e. The van der Waals surface area contributed by atoms with Gasteiger partial charge in [-0.15, -0.1) is 0 Å². The first-order chi connectivity index (χ1) is 20.5. The maximum absolute atomic E-state index is 13.5. The van der Waals surface area contributed by atoms with Gasteiger partial charge in [-0.25, -0.2) is 4.98 Å². The van der Waals surface area contributed by atoms with E-state index in [0.29, 0.717) is 18.1 Å². The van der Waals surface area contributed by atoms with Crippen molar-refractivity contribution < 1.29 is 22.6 Å². The van der Waals surface area contributed by atoms with Gasteiger partial charge in [0.15, 0.2) is 5.69 Å². The minimum atomic E-state index is -4.54. The molecular weight excluding hydrogens is 567 g/mol. The van der Waals surface area contributed by atoms with Gasteiger partial charge in [0.1, 0.15) is 18.3 Å². The van der Waals surface area contributed by atoms with Gasteiger partial charge in [-0.3, -0.25) is 4.98 Å². The van der Waals surface area contributed by atoms with Crippen LogP contribution >= 0.6 is 0 Å². The van der Waals surface area contributed by atoms with E-state index in [-0.39, 0.29) is 18.7 Å². The molecule has 0 spiro atoms. The summed E-state index contributed by atoms with van der Waals surface area (Å²) in [6, 6.07) is 23.0. The Morgan fingerprint density at radius 2 is 1.58 bits per heavy atom. The number of aromatic nitrogens is 3. The molecule has 9 heteroatoms. The molecule has 0 amide bonds. The van der Waals surface area contributed by atoms with Gasteiger partial charge in [-0.2, -0.15) is 13.2 Å². The summed E-state index contributed by atoms with van der Waals surface area (Å²) >= 11 is 0. The molecule has 2 aromatic heterocycles. The third-order valence-corrected chi connectivity index (χ3v) is 9.63. The van der Waals surface area contributed by atoms with E-state index in [1.165, 1.54) is 23.0 Å². The minimum absolute atomic E-state index is 0.000777. The second-order valence-electron chi connectivity index (χ2n) is 12.7. The quantitative estimate of drug-likeness (QED) is 0.126. The van der Waals surface area contributed by atoms with Crippen molar-refractivity contribution in [1.29, 1.82) is 0 Å². The lowest BCUT2D eigenvalue weighted by atomic mass is 9.83. The van der Waals surface area contributed by atoms with Crippen LogP contribution in [0.15, 0.2) is 79.1 Å². The number of rotatable bonds is 11. The number of halogens is 3. The second-order valence-corrected chi connectivity index (χ2v) is 18.3. The van der Waals surface area contributed by atoms with Crippen LogP contribution < -0.4 is 4.74 Å². The molecule has 0 saturated heterocycles. The topological polar surface area (TPSA) is 49.2 Å². The zero-order chi connectivity index (χ0) is 30.5. The minimum Gasteiger partial charge on any atom is -0.490 e. The van der Waals surface area contributed by atoms with E-state index in [1.54, 1.807) is 18.3 Å². The molecule has 1 fully saturated rings. The van der Waals surface area contributed by atoms with Gasteiger partial charge in [0, 0.05) is 38.2 Å². The van der Waals surface area contributed by atoms with E-state index >= 15 is 0 Å². The molecule has 2 heterocycles. The average Bonchev–Trinajstić information content (AvgIpc) is 3.42. The Morgan fingerprint density at radius 3 is 2.21 bits per heavy atom. The van der Waals surface area contributed by atoms with Crippen molar-refractivity contribution in [2.75, 3.05) is 6.61 Å². The molecule has 2 aromatic carbocycles. The van der Waals surface area contributed by atoms with E-state index in [2.05, 4.69) is 59.9 Å². The highest BCUT2D eigenvalue weighted by Crippen LogP contribution is 2.33. The van der Waals surface area contributed by atoms with Gasteiger partial charge in [-0.1, -0.05) is 50.0 Å². The van der Waals surface area contributed by atoms with Crippen molar-refractivity contribution in [2.45, 2.75) is 76.8 Å². The van der Waals surface area contributed by atoms with Crippen LogP contribution in [0.5, 0.6) is 5.75 Å². The average molecular weight is 608 g/mol. The molecule has 0 aliphatic heterocycles. The van der Waals surface area contributed by atoms with Crippen LogP contribution in [0.1, 0.15) is 36.9 Å². The summed E-state index contributed by atoms with van der Waals surface area (Å²) in [6.07, 6.45) is 3.82. The fourth-order valence-electron chi connectivity index (χ4n) is 5.42. The Bertz CT molecular complexity index is 1440. The van der Waals surface area contributed by atoms with E-state index in [1.807, 2.05) is 24.3 Å². The molecular formula is C34H40F3N3O2Si. The number of hydrogen-bond acceptors (Lipinski definition) is 4. The van der Waals surface area contributed by atoms with Crippen LogP contribution in [0.25, 0.3) is 22.6 Å². The van der Waals surface area contributed by atoms with Crippen molar-refractivity contribution in [2.24, 2.45) is 5.92 Å². The van der Waals surface area contributed by atoms with Gasteiger partial charge >= 0.3 is 6.18 Å². The van der Waals surface area contributed by atoms with Crippen molar-refractivity contribution >= 4 is 8.07 Å². The van der Waals surface area contributed by atoms with Gasteiger partial charge in [0.05, 0.1) is 11.8 Å². The van der Waals surface area contributed by atoms with Crippen LogP contribution in [-0.2, 0) is 24.1 Å². The predicted molar refractivity (Wildman–Crippen MR) is 167 cm³/mol. The van der Waals surface area contributed by atoms with Crippen molar-refractivity contribution in [3.63, 3.8) is 0 Å². The van der Waals surface area contributed by atoms with Crippen LogP contribution in [-0.4, -0.2) is 35.3 Å². The Kier molecular flexibility index (Phi) is 9.71. The lowest BCUT2D eigenvalue weighted by Gasteiger charge is -2.29. The van der Waals surface area contributed by atoms with Crippen LogP contribution in [0.3, 0.4) is 0 Å². The summed E-state index contributed by atoms with van der Waals surface area (Å²) in [5, 5.41) is 0. The van der Waals surface area contributed by atoms with E-state index < -0.39 is 19.9 Å². The number of benzene rings is 2. The molecule has 1 saturated carbocycles. The zero-order valence-electron chi connectivity index (χ0n) is 25.1. The monoisotopic (exact) mass is 607 g/mol. The van der Waals surface area contributed by atoms with E-state index in [4.69, 9.17) is 9.47 Å². The molecule has 1 aliphatic rings. The van der Waals surface area contributed by atoms with Crippen LogP contribution in [0.2, 0.25) is 25.7 Å². The number of imidazole rings is 1. The highest BCUT2D eigenvalue weighted by molar-refractivity contribution is 6.76. The van der Waals surface area contributed by atoms with Crippen molar-refractivity contribution in [3.05, 3.63) is 90.4 Å². The highest BCUT2D eigenvalue weighted by Gasteiger charge is 2.35. The molecule has 43 heavy (non-hydrogen) atoms. The Balaban J connectivity index is 1.19. The summed E-state index contributed by atoms with van der Waals surface area (Å²) in [6.45, 7) is 7.19. The first-order valence-corrected chi connectivity index (χ1v) is 18.7. The lowest BCUT2D eigenvalue weighted by Crippen LogP contribution is -2.25. The Labute approximate surface area is 253 Å². The zero-order valence-corrected chi connectivity index (χ0v) is 26.1. The predicted octanol–water partition coefficient (Wildman–Crippen LogP) is 9.12. The highest BCUT2D eigenvalue weighted by atomic mass is 28.3. The number of alkyl halides is 3. The number of pyridine rings is 1. The van der Waals surface area contributed by atoms with Crippen LogP contribution in [0, 0.1) is 5.92 Å². The molecule has 0 N–H and O–H groups in total. The van der Waals surface area contributed by atoms with Gasteiger partial charge in [-0.05, 0) is 86.0 Å². The molecule has 1 aliphatic carbocycles. The van der Waals surface area contributed by atoms with Crippen LogP contribution in [0.4, 0.5) is 13.2 Å². The molecule has 0 unspecified atom stereocenters. The smallest absolute Gasteiger partial charge is 0.434 e. The third-order valence-electron chi connectivity index (χ3n) is 7.93. The summed E-state index contributed by atoms with van der Waals surface area (Å²) in [4.78, 5) is 8.43. The fraction of sp³-hybridized carbons (Fsp3) is 0.412.